The maximum absolute atomic E-state index is 12.1. The molecule has 1 amide bonds. The molecule has 0 radical (unpaired) electrons. The lowest BCUT2D eigenvalue weighted by Crippen LogP contribution is -2.35. The number of amides is 1. The van der Waals surface area contributed by atoms with E-state index in [2.05, 4.69) is 9.97 Å². The fourth-order valence-corrected chi connectivity index (χ4v) is 2.72. The molecule has 134 valence electrons. The molecule has 0 bridgehead atoms. The summed E-state index contributed by atoms with van der Waals surface area (Å²) in [5, 5.41) is 0. The topological polar surface area (TPSA) is 81.6 Å². The van der Waals surface area contributed by atoms with Gasteiger partial charge in [0.25, 0.3) is 0 Å². The molecule has 2 aromatic rings. The molecule has 0 saturated heterocycles. The number of aromatic nitrogens is 2. The second-order valence-electron chi connectivity index (χ2n) is 6.17. The molecule has 0 unspecified atom stereocenters. The SMILES string of the molecule is CCOC(=O)c1ccc(-c2ccnc(N(C)C(=O)OC(C)(C)C)n2)s1. The van der Waals surface area contributed by atoms with E-state index in [0.29, 0.717) is 17.2 Å². The molecule has 2 rings (SSSR count). The Balaban J connectivity index is 2.21. The van der Waals surface area contributed by atoms with Crippen LogP contribution in [-0.2, 0) is 9.47 Å². The second-order valence-corrected chi connectivity index (χ2v) is 7.25. The summed E-state index contributed by atoms with van der Waals surface area (Å²) < 4.78 is 10.3. The summed E-state index contributed by atoms with van der Waals surface area (Å²) >= 11 is 1.27. The van der Waals surface area contributed by atoms with Crippen LogP contribution in [0.4, 0.5) is 10.7 Å². The van der Waals surface area contributed by atoms with Gasteiger partial charge in [-0.05, 0) is 45.9 Å². The van der Waals surface area contributed by atoms with E-state index in [1.165, 1.54) is 16.2 Å². The molecule has 2 heterocycles. The van der Waals surface area contributed by atoms with E-state index in [1.807, 2.05) is 0 Å². The first kappa shape index (κ1) is 18.9. The third-order valence-corrected chi connectivity index (χ3v) is 4.03. The van der Waals surface area contributed by atoms with Gasteiger partial charge in [0.05, 0.1) is 17.2 Å². The van der Waals surface area contributed by atoms with Crippen molar-refractivity contribution in [1.82, 2.24) is 9.97 Å². The van der Waals surface area contributed by atoms with E-state index in [1.54, 1.807) is 59.1 Å². The van der Waals surface area contributed by atoms with Crippen molar-refractivity contribution >= 4 is 29.3 Å². The van der Waals surface area contributed by atoms with E-state index in [0.717, 1.165) is 4.88 Å². The molecular weight excluding hydrogens is 342 g/mol. The highest BCUT2D eigenvalue weighted by molar-refractivity contribution is 7.17. The normalized spacial score (nSPS) is 11.1. The van der Waals surface area contributed by atoms with Gasteiger partial charge in [-0.25, -0.2) is 24.5 Å². The Kier molecular flexibility index (Phi) is 5.73. The summed E-state index contributed by atoms with van der Waals surface area (Å²) in [6.07, 6.45) is 1.02. The van der Waals surface area contributed by atoms with Crippen LogP contribution in [0.15, 0.2) is 24.4 Å². The van der Waals surface area contributed by atoms with Gasteiger partial charge in [-0.2, -0.15) is 0 Å². The summed E-state index contributed by atoms with van der Waals surface area (Å²) in [7, 11) is 1.55. The first-order valence-corrected chi connectivity index (χ1v) is 8.60. The fraction of sp³-hybridized carbons (Fsp3) is 0.412. The van der Waals surface area contributed by atoms with Gasteiger partial charge < -0.3 is 9.47 Å². The quantitative estimate of drug-likeness (QED) is 0.770. The van der Waals surface area contributed by atoms with Gasteiger partial charge >= 0.3 is 12.1 Å². The molecule has 25 heavy (non-hydrogen) atoms. The summed E-state index contributed by atoms with van der Waals surface area (Å²) in [4.78, 5) is 34.9. The molecule has 0 N–H and O–H groups in total. The van der Waals surface area contributed by atoms with Gasteiger partial charge in [0.2, 0.25) is 5.95 Å². The van der Waals surface area contributed by atoms with E-state index < -0.39 is 11.7 Å². The van der Waals surface area contributed by atoms with E-state index >= 15 is 0 Å². The van der Waals surface area contributed by atoms with Gasteiger partial charge in [0.1, 0.15) is 10.5 Å². The van der Waals surface area contributed by atoms with Crippen molar-refractivity contribution in [3.63, 3.8) is 0 Å². The van der Waals surface area contributed by atoms with Gasteiger partial charge in [-0.15, -0.1) is 11.3 Å². The Bertz CT molecular complexity index is 767. The van der Waals surface area contributed by atoms with Crippen LogP contribution in [0.5, 0.6) is 0 Å². The Morgan fingerprint density at radius 2 is 1.96 bits per heavy atom. The Labute approximate surface area is 150 Å². The zero-order valence-electron chi connectivity index (χ0n) is 14.9. The first-order chi connectivity index (χ1) is 11.7. The average Bonchev–Trinajstić information content (AvgIpc) is 3.03. The molecule has 0 aliphatic heterocycles. The number of thiophene rings is 1. The molecule has 0 fully saturated rings. The number of carbonyl (C=O) groups excluding carboxylic acids is 2. The van der Waals surface area contributed by atoms with Gasteiger partial charge in [0, 0.05) is 13.2 Å². The van der Waals surface area contributed by atoms with E-state index in [9.17, 15) is 9.59 Å². The van der Waals surface area contributed by atoms with Crippen molar-refractivity contribution in [3.8, 4) is 10.6 Å². The summed E-state index contributed by atoms with van der Waals surface area (Å²) in [6, 6.07) is 5.20. The lowest BCUT2D eigenvalue weighted by Gasteiger charge is -2.23. The third-order valence-electron chi connectivity index (χ3n) is 2.95. The fourth-order valence-electron chi connectivity index (χ4n) is 1.85. The lowest BCUT2D eigenvalue weighted by atomic mass is 10.2. The average molecular weight is 363 g/mol. The highest BCUT2D eigenvalue weighted by Crippen LogP contribution is 2.28. The van der Waals surface area contributed by atoms with Crippen molar-refractivity contribution in [3.05, 3.63) is 29.3 Å². The Morgan fingerprint density at radius 1 is 1.24 bits per heavy atom. The van der Waals surface area contributed by atoms with Crippen LogP contribution in [0.25, 0.3) is 10.6 Å². The van der Waals surface area contributed by atoms with Crippen LogP contribution in [0.3, 0.4) is 0 Å². The van der Waals surface area contributed by atoms with Crippen molar-refractivity contribution in [1.29, 1.82) is 0 Å². The predicted octanol–water partition coefficient (Wildman–Crippen LogP) is 3.75. The number of rotatable bonds is 4. The molecule has 8 heteroatoms. The molecule has 0 saturated carbocycles. The van der Waals surface area contributed by atoms with Gasteiger partial charge in [-0.1, -0.05) is 0 Å². The maximum Gasteiger partial charge on any atom is 0.416 e. The van der Waals surface area contributed by atoms with Crippen LogP contribution in [0.1, 0.15) is 37.4 Å². The largest absolute Gasteiger partial charge is 0.462 e. The monoisotopic (exact) mass is 363 g/mol. The first-order valence-electron chi connectivity index (χ1n) is 7.78. The molecule has 2 aromatic heterocycles. The number of carbonyl (C=O) groups is 2. The van der Waals surface area contributed by atoms with Gasteiger partial charge in [0.15, 0.2) is 0 Å². The number of ether oxygens (including phenoxy) is 2. The summed E-state index contributed by atoms with van der Waals surface area (Å²) in [6.45, 7) is 7.45. The van der Waals surface area contributed by atoms with Crippen molar-refractivity contribution in [2.24, 2.45) is 0 Å². The maximum atomic E-state index is 12.1. The van der Waals surface area contributed by atoms with E-state index in [4.69, 9.17) is 9.47 Å². The molecule has 0 aliphatic carbocycles. The number of hydrogen-bond donors (Lipinski definition) is 0. The minimum Gasteiger partial charge on any atom is -0.462 e. The number of nitrogens with zero attached hydrogens (tertiary/aromatic N) is 3. The van der Waals surface area contributed by atoms with Crippen molar-refractivity contribution in [2.45, 2.75) is 33.3 Å². The number of esters is 1. The molecule has 7 nitrogen and oxygen atoms in total. The highest BCUT2D eigenvalue weighted by atomic mass is 32.1. The predicted molar refractivity (Wildman–Crippen MR) is 95.9 cm³/mol. The van der Waals surface area contributed by atoms with Crippen LogP contribution >= 0.6 is 11.3 Å². The smallest absolute Gasteiger partial charge is 0.416 e. The minimum atomic E-state index is -0.606. The van der Waals surface area contributed by atoms with Crippen LogP contribution < -0.4 is 4.90 Å². The standard InChI is InChI=1S/C17H21N3O4S/c1-6-23-14(21)13-8-7-12(25-13)11-9-10-18-15(19-11)20(5)16(22)24-17(2,3)4/h7-10H,6H2,1-5H3. The summed E-state index contributed by atoms with van der Waals surface area (Å²) in [5.74, 6) is -0.142. The molecule has 0 aromatic carbocycles. The van der Waals surface area contributed by atoms with Crippen LogP contribution in [-0.4, -0.2) is 41.3 Å². The van der Waals surface area contributed by atoms with Crippen LogP contribution in [0.2, 0.25) is 0 Å². The second kappa shape index (κ2) is 7.60. The number of anilines is 1. The van der Waals surface area contributed by atoms with Gasteiger partial charge in [-0.3, -0.25) is 0 Å². The molecular formula is C17H21N3O4S. The Hall–Kier alpha value is -2.48. The molecule has 0 spiro atoms. The Morgan fingerprint density at radius 3 is 2.60 bits per heavy atom. The van der Waals surface area contributed by atoms with E-state index in [-0.39, 0.29) is 11.9 Å². The molecule has 0 atom stereocenters. The van der Waals surface area contributed by atoms with Crippen molar-refractivity contribution in [2.75, 3.05) is 18.6 Å². The third kappa shape index (κ3) is 4.99. The highest BCUT2D eigenvalue weighted by Gasteiger charge is 2.22. The number of hydrogen-bond acceptors (Lipinski definition) is 7. The molecule has 0 aliphatic rings. The summed E-state index contributed by atoms with van der Waals surface area (Å²) in [5.41, 5.74) is 0.00609. The minimum absolute atomic E-state index is 0.220. The zero-order chi connectivity index (χ0) is 18.6. The van der Waals surface area contributed by atoms with Crippen molar-refractivity contribution < 1.29 is 19.1 Å². The van der Waals surface area contributed by atoms with Crippen LogP contribution in [0, 0.1) is 0 Å². The zero-order valence-corrected chi connectivity index (χ0v) is 15.7. The lowest BCUT2D eigenvalue weighted by molar-refractivity contribution is 0.0530.